The number of hydrogen-bond donors (Lipinski definition) is 2. The average molecular weight is 389 g/mol. The molecular formula is C21H25ClN2O3. The molecule has 0 unspecified atom stereocenters. The van der Waals surface area contributed by atoms with Gasteiger partial charge in [0.1, 0.15) is 0 Å². The second-order valence-electron chi connectivity index (χ2n) is 6.46. The van der Waals surface area contributed by atoms with Gasteiger partial charge in [0, 0.05) is 25.2 Å². The highest BCUT2D eigenvalue weighted by atomic mass is 35.5. The Hall–Kier alpha value is -2.24. The minimum absolute atomic E-state index is 0.196. The van der Waals surface area contributed by atoms with E-state index < -0.39 is 0 Å². The van der Waals surface area contributed by atoms with Gasteiger partial charge in [-0.1, -0.05) is 36.7 Å². The van der Waals surface area contributed by atoms with Crippen LogP contribution in [0.15, 0.2) is 30.3 Å². The average Bonchev–Trinajstić information content (AvgIpc) is 3.13. The predicted molar refractivity (Wildman–Crippen MR) is 107 cm³/mol. The summed E-state index contributed by atoms with van der Waals surface area (Å²) >= 11 is 6.34. The van der Waals surface area contributed by atoms with Crippen molar-refractivity contribution >= 4 is 17.5 Å². The minimum Gasteiger partial charge on any atom is -0.490 e. The van der Waals surface area contributed by atoms with Crippen molar-refractivity contribution in [1.82, 2.24) is 10.6 Å². The highest BCUT2D eigenvalue weighted by Gasteiger charge is 2.17. The van der Waals surface area contributed by atoms with Crippen LogP contribution in [-0.4, -0.2) is 19.1 Å². The van der Waals surface area contributed by atoms with Gasteiger partial charge in [0.05, 0.1) is 18.2 Å². The van der Waals surface area contributed by atoms with Gasteiger partial charge < -0.3 is 20.1 Å². The first-order valence-corrected chi connectivity index (χ1v) is 9.68. The molecule has 27 heavy (non-hydrogen) atoms. The molecule has 0 spiro atoms. The summed E-state index contributed by atoms with van der Waals surface area (Å²) in [6, 6.07) is 9.60. The topological polar surface area (TPSA) is 59.6 Å². The lowest BCUT2D eigenvalue weighted by Gasteiger charge is -2.15. The van der Waals surface area contributed by atoms with Crippen LogP contribution in [0.25, 0.3) is 0 Å². The van der Waals surface area contributed by atoms with Crippen LogP contribution in [0.3, 0.4) is 0 Å². The van der Waals surface area contributed by atoms with Crippen LogP contribution in [0.1, 0.15) is 47.3 Å². The number of carbonyl (C=O) groups is 1. The second-order valence-corrected chi connectivity index (χ2v) is 6.86. The number of hydrogen-bond acceptors (Lipinski definition) is 4. The quantitative estimate of drug-likeness (QED) is 0.716. The van der Waals surface area contributed by atoms with Crippen LogP contribution in [0.4, 0.5) is 0 Å². The molecule has 0 aromatic heterocycles. The maximum atomic E-state index is 12.6. The molecule has 144 valence electrons. The highest BCUT2D eigenvalue weighted by Crippen LogP contribution is 2.36. The molecule has 0 saturated carbocycles. The lowest BCUT2D eigenvalue weighted by molar-refractivity contribution is 0.0950. The van der Waals surface area contributed by atoms with E-state index in [0.717, 1.165) is 25.1 Å². The first kappa shape index (κ1) is 19.5. The van der Waals surface area contributed by atoms with E-state index in [-0.39, 0.29) is 5.91 Å². The van der Waals surface area contributed by atoms with Crippen LogP contribution in [-0.2, 0) is 19.6 Å². The third-order valence-corrected chi connectivity index (χ3v) is 4.66. The number of carbonyl (C=O) groups excluding carboxylic acids is 1. The molecule has 3 rings (SSSR count). The van der Waals surface area contributed by atoms with Gasteiger partial charge >= 0.3 is 0 Å². The largest absolute Gasteiger partial charge is 0.490 e. The monoisotopic (exact) mass is 388 g/mol. The van der Waals surface area contributed by atoms with Crippen molar-refractivity contribution in [2.75, 3.05) is 13.2 Å². The lowest BCUT2D eigenvalue weighted by atomic mass is 10.1. The Bertz CT molecular complexity index is 823. The van der Waals surface area contributed by atoms with Gasteiger partial charge in [-0.05, 0) is 42.2 Å². The number of nitrogens with one attached hydrogen (secondary N) is 2. The number of ether oxygens (including phenoxy) is 2. The standard InChI is InChI=1S/C21H25ClN2O3/c1-3-7-27-20-18(22)9-16(10-19(20)26-4-2)21(25)24-11-14-5-6-15-12-23-13-17(15)8-14/h5-6,8-10,23H,3-4,7,11-13H2,1-2H3,(H,24,25). The van der Waals surface area contributed by atoms with Crippen LogP contribution >= 0.6 is 11.6 Å². The normalized spacial score (nSPS) is 12.6. The van der Waals surface area contributed by atoms with Crippen molar-refractivity contribution in [3.8, 4) is 11.5 Å². The molecule has 0 aliphatic carbocycles. The molecule has 0 radical (unpaired) electrons. The van der Waals surface area contributed by atoms with E-state index in [4.69, 9.17) is 21.1 Å². The van der Waals surface area contributed by atoms with Gasteiger partial charge in [0.2, 0.25) is 0 Å². The third-order valence-electron chi connectivity index (χ3n) is 4.38. The molecule has 2 aromatic carbocycles. The van der Waals surface area contributed by atoms with Crippen LogP contribution in [0.2, 0.25) is 5.02 Å². The molecular weight excluding hydrogens is 364 g/mol. The Balaban J connectivity index is 1.72. The van der Waals surface area contributed by atoms with Gasteiger partial charge in [-0.2, -0.15) is 0 Å². The smallest absolute Gasteiger partial charge is 0.251 e. The Morgan fingerprint density at radius 2 is 1.96 bits per heavy atom. The molecule has 0 saturated heterocycles. The molecule has 0 atom stereocenters. The number of benzene rings is 2. The summed E-state index contributed by atoms with van der Waals surface area (Å²) in [4.78, 5) is 12.6. The highest BCUT2D eigenvalue weighted by molar-refractivity contribution is 6.32. The lowest BCUT2D eigenvalue weighted by Crippen LogP contribution is -2.23. The summed E-state index contributed by atoms with van der Waals surface area (Å²) in [6.07, 6.45) is 0.862. The van der Waals surface area contributed by atoms with Gasteiger partial charge in [0.25, 0.3) is 5.91 Å². The molecule has 6 heteroatoms. The van der Waals surface area contributed by atoms with Crippen molar-refractivity contribution in [3.05, 3.63) is 57.6 Å². The first-order chi connectivity index (χ1) is 13.1. The number of rotatable bonds is 8. The van der Waals surface area contributed by atoms with Crippen LogP contribution < -0.4 is 20.1 Å². The summed E-state index contributed by atoms with van der Waals surface area (Å²) in [5.74, 6) is 0.786. The van der Waals surface area contributed by atoms with Crippen molar-refractivity contribution in [3.63, 3.8) is 0 Å². The molecule has 1 aliphatic heterocycles. The van der Waals surface area contributed by atoms with E-state index in [9.17, 15) is 4.79 Å². The Morgan fingerprint density at radius 1 is 1.15 bits per heavy atom. The number of fused-ring (bicyclic) bond motifs is 1. The molecule has 1 aliphatic rings. The zero-order valence-electron chi connectivity index (χ0n) is 15.7. The van der Waals surface area contributed by atoms with E-state index in [1.54, 1.807) is 12.1 Å². The molecule has 0 fully saturated rings. The summed E-state index contributed by atoms with van der Waals surface area (Å²) in [6.45, 7) is 7.15. The number of halogens is 1. The van der Waals surface area contributed by atoms with Gasteiger partial charge in [-0.15, -0.1) is 0 Å². The van der Waals surface area contributed by atoms with Crippen molar-refractivity contribution in [1.29, 1.82) is 0 Å². The van der Waals surface area contributed by atoms with Crippen LogP contribution in [0, 0.1) is 0 Å². The van der Waals surface area contributed by atoms with E-state index in [0.29, 0.717) is 41.8 Å². The summed E-state index contributed by atoms with van der Waals surface area (Å²) in [7, 11) is 0. The zero-order valence-corrected chi connectivity index (χ0v) is 16.5. The molecule has 0 bridgehead atoms. The fraction of sp³-hybridized carbons (Fsp3) is 0.381. The third kappa shape index (κ3) is 4.73. The predicted octanol–water partition coefficient (Wildman–Crippen LogP) is 4.06. The minimum atomic E-state index is -0.196. The molecule has 5 nitrogen and oxygen atoms in total. The second kappa shape index (κ2) is 9.11. The van der Waals surface area contributed by atoms with E-state index in [2.05, 4.69) is 22.8 Å². The van der Waals surface area contributed by atoms with Gasteiger partial charge in [-0.3, -0.25) is 4.79 Å². The van der Waals surface area contributed by atoms with E-state index >= 15 is 0 Å². The molecule has 1 heterocycles. The van der Waals surface area contributed by atoms with E-state index in [1.807, 2.05) is 19.9 Å². The van der Waals surface area contributed by atoms with Crippen LogP contribution in [0.5, 0.6) is 11.5 Å². The van der Waals surface area contributed by atoms with Crippen molar-refractivity contribution in [2.45, 2.75) is 39.9 Å². The Morgan fingerprint density at radius 3 is 2.74 bits per heavy atom. The van der Waals surface area contributed by atoms with Gasteiger partial charge in [-0.25, -0.2) is 0 Å². The zero-order chi connectivity index (χ0) is 19.2. The molecule has 1 amide bonds. The summed E-state index contributed by atoms with van der Waals surface area (Å²) < 4.78 is 11.3. The Kier molecular flexibility index (Phi) is 6.58. The number of amides is 1. The van der Waals surface area contributed by atoms with E-state index in [1.165, 1.54) is 11.1 Å². The van der Waals surface area contributed by atoms with Gasteiger partial charge in [0.15, 0.2) is 11.5 Å². The maximum Gasteiger partial charge on any atom is 0.251 e. The summed E-state index contributed by atoms with van der Waals surface area (Å²) in [5, 5.41) is 6.65. The SMILES string of the molecule is CCCOc1c(Cl)cc(C(=O)NCc2ccc3c(c2)CNC3)cc1OCC. The Labute approximate surface area is 165 Å². The first-order valence-electron chi connectivity index (χ1n) is 9.31. The summed E-state index contributed by atoms with van der Waals surface area (Å²) in [5.41, 5.74) is 4.14. The van der Waals surface area contributed by atoms with Crippen molar-refractivity contribution < 1.29 is 14.3 Å². The fourth-order valence-electron chi connectivity index (χ4n) is 3.05. The maximum absolute atomic E-state index is 12.6. The molecule has 2 N–H and O–H groups in total. The fourth-order valence-corrected chi connectivity index (χ4v) is 3.31. The molecule has 2 aromatic rings. The van der Waals surface area contributed by atoms with Crippen molar-refractivity contribution in [2.24, 2.45) is 0 Å².